The Bertz CT molecular complexity index is 968. The molecule has 0 spiro atoms. The van der Waals surface area contributed by atoms with Crippen molar-refractivity contribution in [2.45, 2.75) is 52.5 Å². The van der Waals surface area contributed by atoms with Gasteiger partial charge in [0.1, 0.15) is 23.3 Å². The van der Waals surface area contributed by atoms with Gasteiger partial charge in [-0.25, -0.2) is 4.79 Å². The molecule has 0 aliphatic rings. The van der Waals surface area contributed by atoms with Gasteiger partial charge in [-0.3, -0.25) is 9.59 Å². The van der Waals surface area contributed by atoms with Crippen molar-refractivity contribution in [2.75, 3.05) is 13.2 Å². The highest BCUT2D eigenvalue weighted by Gasteiger charge is 2.23. The zero-order valence-electron chi connectivity index (χ0n) is 19.8. The smallest absolute Gasteiger partial charge is 0.328 e. The van der Waals surface area contributed by atoms with E-state index in [1.165, 1.54) is 6.92 Å². The van der Waals surface area contributed by atoms with Crippen LogP contribution in [0.2, 0.25) is 0 Å². The highest BCUT2D eigenvalue weighted by molar-refractivity contribution is 5.97. The Morgan fingerprint density at radius 2 is 1.50 bits per heavy atom. The topological polar surface area (TPSA) is 108 Å². The van der Waals surface area contributed by atoms with Crippen LogP contribution in [0.3, 0.4) is 0 Å². The minimum atomic E-state index is -0.890. The Kier molecular flexibility index (Phi) is 10.8. The maximum atomic E-state index is 12.7. The molecule has 8 heteroatoms. The summed E-state index contributed by atoms with van der Waals surface area (Å²) < 4.78 is 15.8. The van der Waals surface area contributed by atoms with Crippen LogP contribution in [-0.2, 0) is 25.5 Å². The number of ether oxygens (including phenoxy) is 3. The van der Waals surface area contributed by atoms with E-state index < -0.39 is 23.9 Å². The lowest BCUT2D eigenvalue weighted by Gasteiger charge is -2.18. The minimum Gasteiger partial charge on any atom is -0.494 e. The molecule has 0 bridgehead atoms. The number of hydrogen-bond donors (Lipinski definition) is 1. The van der Waals surface area contributed by atoms with Gasteiger partial charge >= 0.3 is 11.9 Å². The molecular weight excluding hydrogens is 438 g/mol. The molecule has 2 aromatic carbocycles. The van der Waals surface area contributed by atoms with Gasteiger partial charge in [-0.05, 0) is 69.2 Å². The molecule has 1 unspecified atom stereocenters. The first-order valence-corrected chi connectivity index (χ1v) is 11.3. The van der Waals surface area contributed by atoms with Crippen molar-refractivity contribution < 1.29 is 33.4 Å². The molecule has 0 saturated heterocycles. The quantitative estimate of drug-likeness (QED) is 0.352. The average molecular weight is 470 g/mol. The molecule has 2 rings (SSSR count). The zero-order chi connectivity index (χ0) is 24.9. The molecule has 1 atom stereocenters. The summed E-state index contributed by atoms with van der Waals surface area (Å²) in [6.45, 7) is 5.76. The molecular formula is C26H31NO7. The summed E-state index contributed by atoms with van der Waals surface area (Å²) in [5.74, 6) is -0.313. The van der Waals surface area contributed by atoms with E-state index >= 15 is 0 Å². The molecule has 8 nitrogen and oxygen atoms in total. The monoisotopic (exact) mass is 469 g/mol. The molecule has 0 heterocycles. The fraction of sp³-hybridized carbons (Fsp3) is 0.385. The Balaban J connectivity index is 2.00. The number of ketones is 1. The second-order valence-corrected chi connectivity index (χ2v) is 7.61. The van der Waals surface area contributed by atoms with E-state index in [-0.39, 0.29) is 25.2 Å². The normalized spacial score (nSPS) is 11.3. The maximum absolute atomic E-state index is 12.7. The number of carbonyl (C=O) groups is 4. The number of rotatable bonds is 13. The summed E-state index contributed by atoms with van der Waals surface area (Å²) in [5.41, 5.74) is 1.14. The molecule has 0 radical (unpaired) electrons. The highest BCUT2D eigenvalue weighted by Crippen LogP contribution is 2.16. The predicted molar refractivity (Wildman–Crippen MR) is 126 cm³/mol. The third kappa shape index (κ3) is 9.05. The average Bonchev–Trinajstić information content (AvgIpc) is 2.80. The molecule has 34 heavy (non-hydrogen) atoms. The molecule has 1 amide bonds. The van der Waals surface area contributed by atoms with Crippen molar-refractivity contribution in [3.05, 3.63) is 59.7 Å². The summed E-state index contributed by atoms with van der Waals surface area (Å²) in [4.78, 5) is 48.0. The standard InChI is InChI=1S/C26H31NO7/c1-4-32-21-15-11-20(12-16-21)25(30)27-23(26(31)33-5-2)17-19-9-13-22(14-10-19)34-24(29)8-6-7-18(3)28/h9-16,23H,4-8,17H2,1-3H3,(H,27,30). The van der Waals surface area contributed by atoms with Gasteiger partial charge in [-0.15, -0.1) is 0 Å². The molecule has 182 valence electrons. The van der Waals surface area contributed by atoms with Gasteiger partial charge in [0, 0.05) is 24.8 Å². The largest absolute Gasteiger partial charge is 0.494 e. The maximum Gasteiger partial charge on any atom is 0.328 e. The van der Waals surface area contributed by atoms with Crippen LogP contribution in [0.1, 0.15) is 56.0 Å². The number of Topliss-reactive ketones (excluding diaryl/α,β-unsaturated/α-hetero) is 1. The van der Waals surface area contributed by atoms with E-state index in [9.17, 15) is 19.2 Å². The van der Waals surface area contributed by atoms with Crippen molar-refractivity contribution in [3.8, 4) is 11.5 Å². The van der Waals surface area contributed by atoms with Crippen LogP contribution in [0.15, 0.2) is 48.5 Å². The van der Waals surface area contributed by atoms with Crippen molar-refractivity contribution in [1.29, 1.82) is 0 Å². The highest BCUT2D eigenvalue weighted by atomic mass is 16.5. The Morgan fingerprint density at radius 3 is 2.09 bits per heavy atom. The van der Waals surface area contributed by atoms with Crippen LogP contribution in [0.5, 0.6) is 11.5 Å². The van der Waals surface area contributed by atoms with Gasteiger partial charge < -0.3 is 24.3 Å². The second kappa shape index (κ2) is 13.8. The van der Waals surface area contributed by atoms with E-state index in [2.05, 4.69) is 5.32 Å². The summed E-state index contributed by atoms with van der Waals surface area (Å²) in [6, 6.07) is 12.4. The molecule has 0 aromatic heterocycles. The van der Waals surface area contributed by atoms with Gasteiger partial charge in [-0.1, -0.05) is 12.1 Å². The molecule has 0 aliphatic carbocycles. The Morgan fingerprint density at radius 1 is 0.853 bits per heavy atom. The van der Waals surface area contributed by atoms with Crippen LogP contribution in [-0.4, -0.2) is 42.9 Å². The lowest BCUT2D eigenvalue weighted by Crippen LogP contribution is -2.43. The second-order valence-electron chi connectivity index (χ2n) is 7.61. The molecule has 2 aromatic rings. The fourth-order valence-corrected chi connectivity index (χ4v) is 3.14. The van der Waals surface area contributed by atoms with E-state index in [1.54, 1.807) is 55.5 Å². The third-order valence-electron chi connectivity index (χ3n) is 4.81. The number of nitrogens with one attached hydrogen (secondary N) is 1. The SMILES string of the molecule is CCOC(=O)C(Cc1ccc(OC(=O)CCCC(C)=O)cc1)NC(=O)c1ccc(OCC)cc1. The number of carbonyl (C=O) groups excluding carboxylic acids is 4. The Hall–Kier alpha value is -3.68. The van der Waals surface area contributed by atoms with Crippen molar-refractivity contribution in [3.63, 3.8) is 0 Å². The first-order valence-electron chi connectivity index (χ1n) is 11.3. The summed E-state index contributed by atoms with van der Waals surface area (Å²) in [5, 5.41) is 2.73. The van der Waals surface area contributed by atoms with E-state index in [1.807, 2.05) is 6.92 Å². The van der Waals surface area contributed by atoms with Crippen LogP contribution in [0.25, 0.3) is 0 Å². The number of amides is 1. The van der Waals surface area contributed by atoms with Gasteiger partial charge in [-0.2, -0.15) is 0 Å². The van der Waals surface area contributed by atoms with E-state index in [0.717, 1.165) is 5.56 Å². The molecule has 0 saturated carbocycles. The minimum absolute atomic E-state index is 0.0305. The van der Waals surface area contributed by atoms with Crippen molar-refractivity contribution in [2.24, 2.45) is 0 Å². The fourth-order valence-electron chi connectivity index (χ4n) is 3.14. The lowest BCUT2D eigenvalue weighted by molar-refractivity contribution is -0.145. The van der Waals surface area contributed by atoms with Crippen molar-refractivity contribution >= 4 is 23.6 Å². The van der Waals surface area contributed by atoms with Gasteiger partial charge in [0.25, 0.3) is 5.91 Å². The third-order valence-corrected chi connectivity index (χ3v) is 4.81. The van der Waals surface area contributed by atoms with Gasteiger partial charge in [0.15, 0.2) is 0 Å². The summed E-state index contributed by atoms with van der Waals surface area (Å²) in [7, 11) is 0. The molecule has 1 N–H and O–H groups in total. The molecule has 0 fully saturated rings. The first-order chi connectivity index (χ1) is 16.3. The summed E-state index contributed by atoms with van der Waals surface area (Å²) in [6.07, 6.45) is 1.14. The number of hydrogen-bond acceptors (Lipinski definition) is 7. The number of esters is 2. The first kappa shape index (κ1) is 26.6. The Labute approximate surface area is 199 Å². The summed E-state index contributed by atoms with van der Waals surface area (Å²) >= 11 is 0. The van der Waals surface area contributed by atoms with Crippen LogP contribution >= 0.6 is 0 Å². The van der Waals surface area contributed by atoms with E-state index in [0.29, 0.717) is 36.5 Å². The van der Waals surface area contributed by atoms with Gasteiger partial charge in [0.05, 0.1) is 13.2 Å². The lowest BCUT2D eigenvalue weighted by atomic mass is 10.0. The van der Waals surface area contributed by atoms with Crippen LogP contribution in [0, 0.1) is 0 Å². The van der Waals surface area contributed by atoms with Crippen molar-refractivity contribution in [1.82, 2.24) is 5.32 Å². The van der Waals surface area contributed by atoms with Crippen LogP contribution in [0.4, 0.5) is 0 Å². The zero-order valence-corrected chi connectivity index (χ0v) is 19.8. The number of benzene rings is 2. The van der Waals surface area contributed by atoms with Crippen LogP contribution < -0.4 is 14.8 Å². The van der Waals surface area contributed by atoms with E-state index in [4.69, 9.17) is 14.2 Å². The van der Waals surface area contributed by atoms with Gasteiger partial charge in [0.2, 0.25) is 0 Å². The predicted octanol–water partition coefficient (Wildman–Crippen LogP) is 3.65. The molecule has 0 aliphatic heterocycles.